The van der Waals surface area contributed by atoms with Crippen LogP contribution in [0.1, 0.15) is 29.6 Å². The molecule has 1 unspecified atom stereocenters. The molecule has 6 nitrogen and oxygen atoms in total. The maximum absolute atomic E-state index is 5.51. The predicted octanol–water partition coefficient (Wildman–Crippen LogP) is 3.44. The van der Waals surface area contributed by atoms with Crippen LogP contribution in [0, 0.1) is 6.92 Å². The molecule has 1 saturated heterocycles. The highest BCUT2D eigenvalue weighted by atomic mass is 32.1. The number of hydrogen-bond acceptors (Lipinski definition) is 8. The smallest absolute Gasteiger partial charge is 0.244 e. The van der Waals surface area contributed by atoms with Gasteiger partial charge in [0.25, 0.3) is 0 Å². The zero-order valence-electron chi connectivity index (χ0n) is 14.4. The van der Waals surface area contributed by atoms with Crippen molar-refractivity contribution in [3.63, 3.8) is 0 Å². The summed E-state index contributed by atoms with van der Waals surface area (Å²) in [5.74, 6) is 1.39. The Morgan fingerprint density at radius 2 is 2.04 bits per heavy atom. The molecule has 4 heterocycles. The van der Waals surface area contributed by atoms with Crippen LogP contribution in [-0.2, 0) is 6.54 Å². The largest absolute Gasteiger partial charge is 0.337 e. The van der Waals surface area contributed by atoms with E-state index in [1.807, 2.05) is 17.5 Å². The van der Waals surface area contributed by atoms with E-state index in [0.29, 0.717) is 11.7 Å². The molecule has 1 atom stereocenters. The number of rotatable bonds is 5. The van der Waals surface area contributed by atoms with Crippen LogP contribution in [-0.4, -0.2) is 51.1 Å². The summed E-state index contributed by atoms with van der Waals surface area (Å²) in [4.78, 5) is 15.1. The van der Waals surface area contributed by atoms with Gasteiger partial charge in [-0.15, -0.1) is 22.7 Å². The van der Waals surface area contributed by atoms with Crippen LogP contribution < -0.4 is 0 Å². The van der Waals surface area contributed by atoms with E-state index in [1.54, 1.807) is 22.7 Å². The molecule has 3 aromatic heterocycles. The van der Waals surface area contributed by atoms with E-state index in [2.05, 4.69) is 44.2 Å². The van der Waals surface area contributed by atoms with E-state index < -0.39 is 0 Å². The maximum Gasteiger partial charge on any atom is 0.244 e. The Bertz CT molecular complexity index is 805. The van der Waals surface area contributed by atoms with E-state index in [-0.39, 0.29) is 6.04 Å². The minimum absolute atomic E-state index is 0.143. The van der Waals surface area contributed by atoms with Gasteiger partial charge in [0.2, 0.25) is 11.7 Å². The molecule has 0 saturated carbocycles. The first-order chi connectivity index (χ1) is 12.2. The monoisotopic (exact) mass is 375 g/mol. The summed E-state index contributed by atoms with van der Waals surface area (Å²) >= 11 is 3.35. The Morgan fingerprint density at radius 1 is 1.20 bits per heavy atom. The van der Waals surface area contributed by atoms with Gasteiger partial charge in [-0.25, -0.2) is 4.98 Å². The van der Waals surface area contributed by atoms with Gasteiger partial charge < -0.3 is 4.52 Å². The van der Waals surface area contributed by atoms with Crippen molar-refractivity contribution in [3.05, 3.63) is 39.5 Å². The summed E-state index contributed by atoms with van der Waals surface area (Å²) in [5, 5.41) is 9.45. The van der Waals surface area contributed by atoms with Crippen LogP contribution in [0.3, 0.4) is 0 Å². The van der Waals surface area contributed by atoms with Crippen molar-refractivity contribution in [1.82, 2.24) is 24.9 Å². The predicted molar refractivity (Wildman–Crippen MR) is 99.7 cm³/mol. The van der Waals surface area contributed by atoms with Crippen molar-refractivity contribution in [2.75, 3.05) is 26.2 Å². The molecule has 0 spiro atoms. The van der Waals surface area contributed by atoms with Gasteiger partial charge in [0.15, 0.2) is 0 Å². The van der Waals surface area contributed by atoms with Gasteiger partial charge in [-0.2, -0.15) is 4.98 Å². The van der Waals surface area contributed by atoms with Gasteiger partial charge in [-0.1, -0.05) is 11.2 Å². The van der Waals surface area contributed by atoms with Gasteiger partial charge in [-0.3, -0.25) is 9.80 Å². The molecule has 4 rings (SSSR count). The summed E-state index contributed by atoms with van der Waals surface area (Å²) in [6, 6.07) is 4.16. The van der Waals surface area contributed by atoms with Gasteiger partial charge in [0.1, 0.15) is 0 Å². The van der Waals surface area contributed by atoms with Crippen LogP contribution in [0.2, 0.25) is 0 Å². The molecule has 3 aromatic rings. The Labute approximate surface area is 155 Å². The summed E-state index contributed by atoms with van der Waals surface area (Å²) in [7, 11) is 0. The summed E-state index contributed by atoms with van der Waals surface area (Å²) in [6.45, 7) is 9.21. The normalized spacial score (nSPS) is 17.8. The average Bonchev–Trinajstić information content (AvgIpc) is 3.36. The zero-order chi connectivity index (χ0) is 17.2. The van der Waals surface area contributed by atoms with Crippen molar-refractivity contribution in [2.24, 2.45) is 0 Å². The first-order valence-corrected chi connectivity index (χ1v) is 10.2. The molecule has 0 aromatic carbocycles. The third-order valence-corrected chi connectivity index (χ3v) is 6.24. The Balaban J connectivity index is 1.34. The highest BCUT2D eigenvalue weighted by Crippen LogP contribution is 2.26. The van der Waals surface area contributed by atoms with E-state index >= 15 is 0 Å². The molecule has 1 aliphatic heterocycles. The molecule has 1 aliphatic rings. The minimum atomic E-state index is 0.143. The number of thiophene rings is 1. The third kappa shape index (κ3) is 3.82. The van der Waals surface area contributed by atoms with Gasteiger partial charge in [0, 0.05) is 38.1 Å². The number of aryl methyl sites for hydroxylation is 1. The molecule has 8 heteroatoms. The highest BCUT2D eigenvalue weighted by Gasteiger charge is 2.26. The van der Waals surface area contributed by atoms with Crippen LogP contribution in [0.15, 0.2) is 27.4 Å². The molecular weight excluding hydrogens is 354 g/mol. The van der Waals surface area contributed by atoms with Crippen LogP contribution in [0.5, 0.6) is 0 Å². The number of nitrogens with zero attached hydrogens (tertiary/aromatic N) is 5. The fourth-order valence-corrected chi connectivity index (χ4v) is 4.34. The minimum Gasteiger partial charge on any atom is -0.337 e. The molecular formula is C17H21N5OS2. The number of thiazole rings is 1. The van der Waals surface area contributed by atoms with Crippen molar-refractivity contribution >= 4 is 22.7 Å². The zero-order valence-corrected chi connectivity index (χ0v) is 16.0. The molecule has 132 valence electrons. The van der Waals surface area contributed by atoms with Gasteiger partial charge >= 0.3 is 0 Å². The van der Waals surface area contributed by atoms with Crippen molar-refractivity contribution in [2.45, 2.75) is 26.4 Å². The lowest BCUT2D eigenvalue weighted by atomic mass is 10.2. The SMILES string of the molecule is Cc1nc(CN2CCN(C(C)c3nc(-c4cccs4)no3)CC2)cs1. The lowest BCUT2D eigenvalue weighted by Crippen LogP contribution is -2.46. The summed E-state index contributed by atoms with van der Waals surface area (Å²) < 4.78 is 5.51. The average molecular weight is 376 g/mol. The molecule has 0 amide bonds. The van der Waals surface area contributed by atoms with Gasteiger partial charge in [0.05, 0.1) is 21.6 Å². The number of aromatic nitrogens is 3. The fraction of sp³-hybridized carbons (Fsp3) is 0.471. The fourth-order valence-electron chi connectivity index (χ4n) is 3.09. The van der Waals surface area contributed by atoms with Crippen molar-refractivity contribution in [1.29, 1.82) is 0 Å². The van der Waals surface area contributed by atoms with Crippen molar-refractivity contribution in [3.8, 4) is 10.7 Å². The van der Waals surface area contributed by atoms with E-state index in [9.17, 15) is 0 Å². The molecule has 0 bridgehead atoms. The summed E-state index contributed by atoms with van der Waals surface area (Å²) in [5.41, 5.74) is 1.18. The maximum atomic E-state index is 5.51. The second-order valence-corrected chi connectivity index (χ2v) is 8.29. The first-order valence-electron chi connectivity index (χ1n) is 8.44. The Kier molecular flexibility index (Phi) is 4.93. The molecule has 25 heavy (non-hydrogen) atoms. The summed E-state index contributed by atoms with van der Waals surface area (Å²) in [6.07, 6.45) is 0. The van der Waals surface area contributed by atoms with Crippen LogP contribution in [0.25, 0.3) is 10.7 Å². The Morgan fingerprint density at radius 3 is 2.72 bits per heavy atom. The molecule has 0 radical (unpaired) electrons. The molecule has 0 N–H and O–H groups in total. The van der Waals surface area contributed by atoms with E-state index in [1.165, 1.54) is 5.69 Å². The first kappa shape index (κ1) is 16.8. The second kappa shape index (κ2) is 7.33. The van der Waals surface area contributed by atoms with Crippen molar-refractivity contribution < 1.29 is 4.52 Å². The third-order valence-electron chi connectivity index (χ3n) is 4.55. The Hall–Kier alpha value is -1.61. The molecule has 1 fully saturated rings. The highest BCUT2D eigenvalue weighted by molar-refractivity contribution is 7.13. The second-order valence-electron chi connectivity index (χ2n) is 6.28. The van der Waals surface area contributed by atoms with Crippen LogP contribution >= 0.6 is 22.7 Å². The van der Waals surface area contributed by atoms with E-state index in [4.69, 9.17) is 4.52 Å². The van der Waals surface area contributed by atoms with Crippen LogP contribution in [0.4, 0.5) is 0 Å². The molecule has 0 aliphatic carbocycles. The topological polar surface area (TPSA) is 58.3 Å². The quantitative estimate of drug-likeness (QED) is 0.681. The van der Waals surface area contributed by atoms with Gasteiger partial charge in [-0.05, 0) is 25.3 Å². The standard InChI is InChI=1S/C17H21N5OS2/c1-12(17-19-16(20-23-17)15-4-3-9-24-15)22-7-5-21(6-8-22)10-14-11-25-13(2)18-14/h3-4,9,11-12H,5-8,10H2,1-2H3. The number of piperazine rings is 1. The lowest BCUT2D eigenvalue weighted by Gasteiger charge is -2.36. The number of hydrogen-bond donors (Lipinski definition) is 0. The van der Waals surface area contributed by atoms with E-state index in [0.717, 1.165) is 42.6 Å². The lowest BCUT2D eigenvalue weighted by molar-refractivity contribution is 0.0839.